The van der Waals surface area contributed by atoms with E-state index in [1.165, 1.54) is 0 Å². The number of hydrogen-bond acceptors (Lipinski definition) is 3. The van der Waals surface area contributed by atoms with E-state index < -0.39 is 0 Å². The third-order valence-electron chi connectivity index (χ3n) is 5.77. The molecule has 0 aliphatic heterocycles. The van der Waals surface area contributed by atoms with Crippen molar-refractivity contribution in [3.63, 3.8) is 0 Å². The standard InChI is InChI=1S/C27H20N4O/c1-32-25-16-21-14-18(9-10-19(21)15-22(25)27-28-11-12-29-27)17-5-4-6-20(13-17)26-30-23-7-2-3-8-24(23)31-26/h2-16H,1H3,(H,28,29)(H,30,31). The van der Waals surface area contributed by atoms with Crippen LogP contribution in [0.2, 0.25) is 0 Å². The first-order chi connectivity index (χ1) is 15.8. The molecule has 6 aromatic rings. The van der Waals surface area contributed by atoms with Gasteiger partial charge in [0.2, 0.25) is 0 Å². The summed E-state index contributed by atoms with van der Waals surface area (Å²) in [5.74, 6) is 2.46. The largest absolute Gasteiger partial charge is 0.496 e. The minimum Gasteiger partial charge on any atom is -0.496 e. The molecule has 4 aromatic carbocycles. The predicted octanol–water partition coefficient (Wildman–Crippen LogP) is 6.45. The fraction of sp³-hybridized carbons (Fsp3) is 0.0370. The Morgan fingerprint density at radius 3 is 2.47 bits per heavy atom. The molecule has 32 heavy (non-hydrogen) atoms. The third-order valence-corrected chi connectivity index (χ3v) is 5.77. The maximum absolute atomic E-state index is 5.66. The number of aromatic amines is 2. The van der Waals surface area contributed by atoms with Gasteiger partial charge in [0.05, 0.1) is 23.7 Å². The van der Waals surface area contributed by atoms with E-state index in [-0.39, 0.29) is 0 Å². The van der Waals surface area contributed by atoms with Crippen molar-refractivity contribution in [1.29, 1.82) is 0 Å². The molecule has 5 heteroatoms. The number of nitrogens with zero attached hydrogens (tertiary/aromatic N) is 2. The van der Waals surface area contributed by atoms with Gasteiger partial charge in [0, 0.05) is 18.0 Å². The molecule has 0 radical (unpaired) electrons. The molecule has 0 bridgehead atoms. The summed E-state index contributed by atoms with van der Waals surface area (Å²) in [6.45, 7) is 0. The molecule has 0 fully saturated rings. The van der Waals surface area contributed by atoms with E-state index >= 15 is 0 Å². The Balaban J connectivity index is 1.43. The van der Waals surface area contributed by atoms with E-state index in [0.717, 1.165) is 61.5 Å². The first-order valence-electron chi connectivity index (χ1n) is 10.5. The van der Waals surface area contributed by atoms with Crippen LogP contribution in [0.15, 0.2) is 91.3 Å². The number of fused-ring (bicyclic) bond motifs is 2. The molecule has 2 N–H and O–H groups in total. The zero-order valence-corrected chi connectivity index (χ0v) is 17.5. The molecule has 0 aliphatic rings. The number of methoxy groups -OCH3 is 1. The molecule has 0 unspecified atom stereocenters. The average Bonchev–Trinajstić information content (AvgIpc) is 3.53. The summed E-state index contributed by atoms with van der Waals surface area (Å²) in [6.07, 6.45) is 3.56. The van der Waals surface area contributed by atoms with Gasteiger partial charge in [0.15, 0.2) is 0 Å². The van der Waals surface area contributed by atoms with Gasteiger partial charge < -0.3 is 14.7 Å². The molecule has 6 rings (SSSR count). The molecule has 2 heterocycles. The average molecular weight is 416 g/mol. The van der Waals surface area contributed by atoms with Crippen LogP contribution in [0.5, 0.6) is 5.75 Å². The number of para-hydroxylation sites is 2. The van der Waals surface area contributed by atoms with Crippen LogP contribution < -0.4 is 4.74 Å². The summed E-state index contributed by atoms with van der Waals surface area (Å²) >= 11 is 0. The summed E-state index contributed by atoms with van der Waals surface area (Å²) < 4.78 is 5.66. The lowest BCUT2D eigenvalue weighted by Gasteiger charge is -2.11. The van der Waals surface area contributed by atoms with E-state index in [4.69, 9.17) is 9.72 Å². The molecular weight excluding hydrogens is 396 g/mol. The second-order valence-corrected chi connectivity index (χ2v) is 7.74. The highest BCUT2D eigenvalue weighted by atomic mass is 16.5. The lowest BCUT2D eigenvalue weighted by Crippen LogP contribution is -1.90. The van der Waals surface area contributed by atoms with Gasteiger partial charge in [-0.15, -0.1) is 0 Å². The molecule has 154 valence electrons. The van der Waals surface area contributed by atoms with Crippen LogP contribution in [0.25, 0.3) is 55.7 Å². The van der Waals surface area contributed by atoms with Gasteiger partial charge in [-0.25, -0.2) is 9.97 Å². The van der Waals surface area contributed by atoms with Crippen LogP contribution in [0.1, 0.15) is 0 Å². The van der Waals surface area contributed by atoms with Crippen LogP contribution in [-0.4, -0.2) is 27.0 Å². The Hall–Kier alpha value is -4.38. The number of imidazole rings is 2. The predicted molar refractivity (Wildman–Crippen MR) is 129 cm³/mol. The zero-order valence-electron chi connectivity index (χ0n) is 17.5. The first kappa shape index (κ1) is 18.4. The Morgan fingerprint density at radius 2 is 1.62 bits per heavy atom. The van der Waals surface area contributed by atoms with E-state index in [1.807, 2.05) is 30.5 Å². The summed E-state index contributed by atoms with van der Waals surface area (Å²) in [6, 6.07) is 27.2. The van der Waals surface area contributed by atoms with Gasteiger partial charge >= 0.3 is 0 Å². The molecule has 0 aliphatic carbocycles. The van der Waals surface area contributed by atoms with Crippen LogP contribution in [-0.2, 0) is 0 Å². The summed E-state index contributed by atoms with van der Waals surface area (Å²) in [4.78, 5) is 15.7. The molecule has 0 spiro atoms. The first-order valence-corrected chi connectivity index (χ1v) is 10.5. The lowest BCUT2D eigenvalue weighted by molar-refractivity contribution is 0.417. The monoisotopic (exact) mass is 416 g/mol. The van der Waals surface area contributed by atoms with Gasteiger partial charge in [0.1, 0.15) is 17.4 Å². The Kier molecular flexibility index (Phi) is 4.25. The Morgan fingerprint density at radius 1 is 0.750 bits per heavy atom. The van der Waals surface area contributed by atoms with Crippen LogP contribution >= 0.6 is 0 Å². The number of hydrogen-bond donors (Lipinski definition) is 2. The van der Waals surface area contributed by atoms with Crippen molar-refractivity contribution in [2.45, 2.75) is 0 Å². The number of aromatic nitrogens is 4. The minimum atomic E-state index is 0.792. The van der Waals surface area contributed by atoms with Crippen molar-refractivity contribution in [1.82, 2.24) is 19.9 Å². The maximum Gasteiger partial charge on any atom is 0.141 e. The van der Waals surface area contributed by atoms with E-state index in [9.17, 15) is 0 Å². The van der Waals surface area contributed by atoms with Gasteiger partial charge in [-0.05, 0) is 58.3 Å². The maximum atomic E-state index is 5.66. The second-order valence-electron chi connectivity index (χ2n) is 7.74. The number of benzene rings is 4. The number of rotatable bonds is 4. The molecule has 5 nitrogen and oxygen atoms in total. The molecule has 0 amide bonds. The van der Waals surface area contributed by atoms with E-state index in [0.29, 0.717) is 0 Å². The van der Waals surface area contributed by atoms with Crippen LogP contribution in [0.4, 0.5) is 0 Å². The molecule has 0 saturated heterocycles. The molecular formula is C27H20N4O. The van der Waals surface area contributed by atoms with Crippen molar-refractivity contribution in [3.8, 4) is 39.7 Å². The fourth-order valence-corrected chi connectivity index (χ4v) is 4.16. The quantitative estimate of drug-likeness (QED) is 0.347. The van der Waals surface area contributed by atoms with Crippen molar-refractivity contribution < 1.29 is 4.74 Å². The topological polar surface area (TPSA) is 66.6 Å². The van der Waals surface area contributed by atoms with Crippen LogP contribution in [0, 0.1) is 0 Å². The third kappa shape index (κ3) is 3.11. The van der Waals surface area contributed by atoms with E-state index in [2.05, 4.69) is 69.5 Å². The highest BCUT2D eigenvalue weighted by molar-refractivity contribution is 5.93. The van der Waals surface area contributed by atoms with E-state index in [1.54, 1.807) is 13.3 Å². The summed E-state index contributed by atoms with van der Waals surface area (Å²) in [5.41, 5.74) is 6.30. The van der Waals surface area contributed by atoms with Gasteiger partial charge in [0.25, 0.3) is 0 Å². The minimum absolute atomic E-state index is 0.792. The SMILES string of the molecule is COc1cc2cc(-c3cccc(-c4nc5ccccc5[nH]4)c3)ccc2cc1-c1ncc[nH]1. The smallest absolute Gasteiger partial charge is 0.141 e. The summed E-state index contributed by atoms with van der Waals surface area (Å²) in [7, 11) is 1.69. The highest BCUT2D eigenvalue weighted by Crippen LogP contribution is 2.35. The van der Waals surface area contributed by atoms with Crippen LogP contribution in [0.3, 0.4) is 0 Å². The highest BCUT2D eigenvalue weighted by Gasteiger charge is 2.12. The van der Waals surface area contributed by atoms with Crippen molar-refractivity contribution in [3.05, 3.63) is 91.3 Å². The van der Waals surface area contributed by atoms with Crippen molar-refractivity contribution in [2.24, 2.45) is 0 Å². The van der Waals surface area contributed by atoms with Gasteiger partial charge in [-0.3, -0.25) is 0 Å². The van der Waals surface area contributed by atoms with Gasteiger partial charge in [-0.2, -0.15) is 0 Å². The Bertz CT molecular complexity index is 1530. The van der Waals surface area contributed by atoms with Gasteiger partial charge in [-0.1, -0.05) is 42.5 Å². The number of ether oxygens (including phenoxy) is 1. The lowest BCUT2D eigenvalue weighted by atomic mass is 9.98. The zero-order chi connectivity index (χ0) is 21.5. The molecule has 0 atom stereocenters. The molecule has 0 saturated carbocycles. The number of H-pyrrole nitrogens is 2. The molecule has 2 aromatic heterocycles. The number of nitrogens with one attached hydrogen (secondary N) is 2. The fourth-order valence-electron chi connectivity index (χ4n) is 4.16. The summed E-state index contributed by atoms with van der Waals surface area (Å²) in [5, 5.41) is 2.25. The second kappa shape index (κ2) is 7.39. The van der Waals surface area contributed by atoms with Crippen molar-refractivity contribution in [2.75, 3.05) is 7.11 Å². The normalized spacial score (nSPS) is 11.3. The Labute approximate surface area is 184 Å². The van der Waals surface area contributed by atoms with Crippen molar-refractivity contribution >= 4 is 21.8 Å².